The van der Waals surface area contributed by atoms with Gasteiger partial charge in [-0.15, -0.1) is 0 Å². The van der Waals surface area contributed by atoms with E-state index in [1.807, 2.05) is 0 Å². The zero-order valence-corrected chi connectivity index (χ0v) is 7.74. The summed E-state index contributed by atoms with van der Waals surface area (Å²) in [5.41, 5.74) is 0. The Labute approximate surface area is 80.7 Å². The van der Waals surface area contributed by atoms with Crippen molar-refractivity contribution in [2.75, 3.05) is 6.61 Å². The van der Waals surface area contributed by atoms with Crippen molar-refractivity contribution in [2.24, 2.45) is 17.0 Å². The highest BCUT2D eigenvalue weighted by Crippen LogP contribution is 2.10. The second kappa shape index (κ2) is 6.76. The van der Waals surface area contributed by atoms with Gasteiger partial charge < -0.3 is 15.1 Å². The summed E-state index contributed by atoms with van der Waals surface area (Å²) in [5, 5.41) is 21.2. The van der Waals surface area contributed by atoms with E-state index in [-0.39, 0.29) is 6.61 Å². The molecule has 0 heterocycles. The number of aliphatic hydroxyl groups excluding tert-OH is 2. The molecule has 0 saturated heterocycles. The summed E-state index contributed by atoms with van der Waals surface area (Å²) < 4.78 is 0. The quantitative estimate of drug-likeness (QED) is 0.281. The summed E-state index contributed by atoms with van der Waals surface area (Å²) >= 11 is 0. The molecule has 8 heteroatoms. The molecule has 0 radical (unpaired) electrons. The van der Waals surface area contributed by atoms with Crippen LogP contribution in [-0.2, 0) is 9.68 Å². The molecule has 0 bridgehead atoms. The van der Waals surface area contributed by atoms with E-state index in [0.717, 1.165) is 0 Å². The number of nitrogens with two attached hydrogens (primary N) is 2. The van der Waals surface area contributed by atoms with E-state index in [4.69, 9.17) is 16.9 Å². The van der Waals surface area contributed by atoms with E-state index < -0.39 is 24.4 Å². The minimum Gasteiger partial charge on any atom is -0.391 e. The minimum atomic E-state index is -1.37. The van der Waals surface area contributed by atoms with Gasteiger partial charge in [-0.3, -0.25) is 4.84 Å². The number of nitrogens with zero attached hydrogens (tertiary/aromatic N) is 1. The van der Waals surface area contributed by atoms with Crippen molar-refractivity contribution in [1.29, 1.82) is 0 Å². The van der Waals surface area contributed by atoms with Gasteiger partial charge in [0, 0.05) is 0 Å². The van der Waals surface area contributed by atoms with Gasteiger partial charge in [-0.05, 0) is 6.92 Å². The van der Waals surface area contributed by atoms with Crippen molar-refractivity contribution < 1.29 is 19.9 Å². The molecule has 14 heavy (non-hydrogen) atoms. The molecule has 4 unspecified atom stereocenters. The lowest BCUT2D eigenvalue weighted by molar-refractivity contribution is -0.109. The average Bonchev–Trinajstić information content (AvgIpc) is 2.14. The highest BCUT2D eigenvalue weighted by molar-refractivity contribution is 4.84. The number of hydrogen-bond donors (Lipinski definition) is 4. The largest absolute Gasteiger partial charge is 0.391 e. The summed E-state index contributed by atoms with van der Waals surface area (Å²) in [4.78, 5) is 18.7. The van der Waals surface area contributed by atoms with E-state index in [2.05, 4.69) is 14.9 Å². The normalized spacial score (nSPS) is 19.8. The fraction of sp³-hybridized carbons (Fsp3) is 1.00. The molecule has 0 spiro atoms. The van der Waals surface area contributed by atoms with Crippen LogP contribution >= 0.6 is 0 Å². The van der Waals surface area contributed by atoms with Crippen LogP contribution in [0.15, 0.2) is 5.18 Å². The molecule has 0 saturated carbocycles. The first-order chi connectivity index (χ1) is 6.58. The van der Waals surface area contributed by atoms with Crippen molar-refractivity contribution in [1.82, 2.24) is 0 Å². The van der Waals surface area contributed by atoms with Gasteiger partial charge in [-0.1, -0.05) is 5.18 Å². The van der Waals surface area contributed by atoms with Gasteiger partial charge in [0.25, 0.3) is 0 Å². The van der Waals surface area contributed by atoms with Gasteiger partial charge in [0.05, 0.1) is 12.7 Å². The van der Waals surface area contributed by atoms with E-state index in [9.17, 15) is 10.0 Å². The Kier molecular flexibility index (Phi) is 6.45. The third kappa shape index (κ3) is 3.62. The van der Waals surface area contributed by atoms with Crippen LogP contribution in [-0.4, -0.2) is 41.2 Å². The topological polar surface area (TPSA) is 140 Å². The predicted molar refractivity (Wildman–Crippen MR) is 46.5 cm³/mol. The van der Waals surface area contributed by atoms with E-state index in [0.29, 0.717) is 0 Å². The smallest absolute Gasteiger partial charge is 0.146 e. The first kappa shape index (κ1) is 13.4. The molecule has 0 aliphatic carbocycles. The molecule has 0 aromatic rings. The van der Waals surface area contributed by atoms with Crippen molar-refractivity contribution in [3.8, 4) is 0 Å². The van der Waals surface area contributed by atoms with Gasteiger partial charge in [0.15, 0.2) is 0 Å². The first-order valence-electron chi connectivity index (χ1n) is 3.94. The third-order valence-corrected chi connectivity index (χ3v) is 1.77. The van der Waals surface area contributed by atoms with Crippen LogP contribution in [0.25, 0.3) is 0 Å². The number of rotatable bonds is 7. The molecule has 0 aromatic carbocycles. The lowest BCUT2D eigenvalue weighted by Crippen LogP contribution is -2.47. The maximum Gasteiger partial charge on any atom is 0.146 e. The van der Waals surface area contributed by atoms with Crippen molar-refractivity contribution in [3.63, 3.8) is 0 Å². The van der Waals surface area contributed by atoms with Crippen LogP contribution in [0.2, 0.25) is 0 Å². The molecular weight excluding hydrogens is 194 g/mol. The average molecular weight is 209 g/mol. The van der Waals surface area contributed by atoms with Gasteiger partial charge >= 0.3 is 0 Å². The van der Waals surface area contributed by atoms with E-state index >= 15 is 0 Å². The summed E-state index contributed by atoms with van der Waals surface area (Å²) in [6, 6.07) is -1.14. The zero-order chi connectivity index (χ0) is 11.1. The van der Waals surface area contributed by atoms with E-state index in [1.54, 1.807) is 0 Å². The van der Waals surface area contributed by atoms with E-state index in [1.165, 1.54) is 6.92 Å². The molecule has 0 aromatic heterocycles. The molecule has 84 valence electrons. The Morgan fingerprint density at radius 1 is 1.43 bits per heavy atom. The molecule has 6 N–H and O–H groups in total. The second-order valence-electron chi connectivity index (χ2n) is 2.84. The number of aliphatic hydroxyl groups is 2. The highest BCUT2D eigenvalue weighted by Gasteiger charge is 2.32. The Balaban J connectivity index is 4.36. The summed E-state index contributed by atoms with van der Waals surface area (Å²) in [6.07, 6.45) is -3.54. The van der Waals surface area contributed by atoms with Crippen molar-refractivity contribution >= 4 is 0 Å². The van der Waals surface area contributed by atoms with Crippen LogP contribution in [0.3, 0.4) is 0 Å². The molecule has 0 aliphatic heterocycles. The Morgan fingerprint density at radius 3 is 2.29 bits per heavy atom. The molecule has 0 rings (SSSR count). The lowest BCUT2D eigenvalue weighted by atomic mass is 10.0. The molecule has 4 atom stereocenters. The predicted octanol–water partition coefficient (Wildman–Crippen LogP) is -1.99. The third-order valence-electron chi connectivity index (χ3n) is 1.77. The number of hydrogen-bond acceptors (Lipinski definition) is 8. The van der Waals surface area contributed by atoms with Crippen LogP contribution in [0.5, 0.6) is 0 Å². The van der Waals surface area contributed by atoms with Crippen LogP contribution in [0.4, 0.5) is 0 Å². The fourth-order valence-electron chi connectivity index (χ4n) is 0.988. The van der Waals surface area contributed by atoms with Gasteiger partial charge in [0.2, 0.25) is 0 Å². The monoisotopic (exact) mass is 209 g/mol. The maximum absolute atomic E-state index is 10.3. The second-order valence-corrected chi connectivity index (χ2v) is 2.84. The summed E-state index contributed by atoms with van der Waals surface area (Å²) in [5.74, 6) is 9.54. The van der Waals surface area contributed by atoms with Crippen LogP contribution in [0.1, 0.15) is 6.92 Å². The fourth-order valence-corrected chi connectivity index (χ4v) is 0.988. The first-order valence-corrected chi connectivity index (χ1v) is 3.94. The van der Waals surface area contributed by atoms with Crippen molar-refractivity contribution in [2.45, 2.75) is 31.3 Å². The Bertz CT molecular complexity index is 168. The maximum atomic E-state index is 10.3. The molecule has 8 nitrogen and oxygen atoms in total. The van der Waals surface area contributed by atoms with Crippen molar-refractivity contribution in [3.05, 3.63) is 4.91 Å². The highest BCUT2D eigenvalue weighted by atomic mass is 16.6. The van der Waals surface area contributed by atoms with Crippen LogP contribution in [0, 0.1) is 4.91 Å². The van der Waals surface area contributed by atoms with Gasteiger partial charge in [0.1, 0.15) is 18.2 Å². The summed E-state index contributed by atoms with van der Waals surface area (Å²) in [7, 11) is 0. The molecule has 0 amide bonds. The molecule has 0 fully saturated rings. The molecular formula is C6H15N3O5. The lowest BCUT2D eigenvalue weighted by Gasteiger charge is -2.25. The zero-order valence-electron chi connectivity index (χ0n) is 7.74. The Hall–Kier alpha value is -0.640. The summed E-state index contributed by atoms with van der Waals surface area (Å²) in [6.45, 7) is 1.07. The van der Waals surface area contributed by atoms with Gasteiger partial charge in [-0.2, -0.15) is 4.91 Å². The molecule has 0 aliphatic rings. The standard InChI is InChI=1S/C6H15N3O5/c1-3(10)6(14-8)5(11)4(9-12)2-13-7/h3-6,10-11H,2,7-8H2,1H3. The van der Waals surface area contributed by atoms with Gasteiger partial charge in [-0.25, -0.2) is 11.8 Å². The minimum absolute atomic E-state index is 0.281. The van der Waals surface area contributed by atoms with Crippen LogP contribution < -0.4 is 11.8 Å². The SMILES string of the molecule is CC(O)C(ON)C(O)C(CON)N=O. The Morgan fingerprint density at radius 2 is 2.00 bits per heavy atom. The number of nitroso groups, excluding NO2 is 1.